The molecule has 196 valence electrons. The van der Waals surface area contributed by atoms with Crippen LogP contribution in [0.3, 0.4) is 0 Å². The molecule has 0 bridgehead atoms. The molecule has 2 aromatic heterocycles. The maximum atomic E-state index is 13.4. The number of rotatable bonds is 4. The van der Waals surface area contributed by atoms with Gasteiger partial charge in [-0.1, -0.05) is 30.3 Å². The molecular formula is C32H21NO7. The standard InChI is InChI=1S/C32H21NO7/c1-33-16-19(20-4-2-3-5-23(20)33)14-27-30(35)21-10-11-26-29(31(21)40-27)22(15-28(34)39-26)25-13-12-24(38-25)17-6-8-18(9-7-17)32(36)37/h2-14,16,22H,15H2,1H3,(H,36,37)/b27-14-/t22-/m0/s1. The molecule has 0 spiro atoms. The Balaban J connectivity index is 1.28. The second kappa shape index (κ2) is 8.84. The van der Waals surface area contributed by atoms with Crippen molar-refractivity contribution in [3.63, 3.8) is 0 Å². The van der Waals surface area contributed by atoms with Crippen LogP contribution in [0.5, 0.6) is 11.5 Å². The highest BCUT2D eigenvalue weighted by atomic mass is 16.5. The smallest absolute Gasteiger partial charge is 0.335 e. The van der Waals surface area contributed by atoms with E-state index in [1.54, 1.807) is 42.5 Å². The fourth-order valence-corrected chi connectivity index (χ4v) is 5.45. The minimum Gasteiger partial charge on any atom is -0.478 e. The quantitative estimate of drug-likeness (QED) is 0.167. The molecule has 0 amide bonds. The van der Waals surface area contributed by atoms with Crippen molar-refractivity contribution < 1.29 is 33.4 Å². The molecule has 2 aliphatic rings. The lowest BCUT2D eigenvalue weighted by atomic mass is 9.88. The van der Waals surface area contributed by atoms with Crippen LogP contribution in [-0.4, -0.2) is 27.4 Å². The first kappa shape index (κ1) is 23.7. The predicted octanol–water partition coefficient (Wildman–Crippen LogP) is 6.19. The molecule has 40 heavy (non-hydrogen) atoms. The molecule has 3 aromatic carbocycles. The molecule has 7 rings (SSSR count). The summed E-state index contributed by atoms with van der Waals surface area (Å²) in [6, 6.07) is 21.0. The number of ketones is 1. The van der Waals surface area contributed by atoms with E-state index >= 15 is 0 Å². The van der Waals surface area contributed by atoms with E-state index in [1.807, 2.05) is 42.1 Å². The number of Topliss-reactive ketones (excluding diaryl/α,β-unsaturated/α-hetero) is 1. The lowest BCUT2D eigenvalue weighted by Crippen LogP contribution is -2.21. The van der Waals surface area contributed by atoms with E-state index in [9.17, 15) is 19.5 Å². The summed E-state index contributed by atoms with van der Waals surface area (Å²) in [4.78, 5) is 37.2. The van der Waals surface area contributed by atoms with Crippen molar-refractivity contribution in [1.29, 1.82) is 0 Å². The van der Waals surface area contributed by atoms with Gasteiger partial charge in [0.1, 0.15) is 23.0 Å². The van der Waals surface area contributed by atoms with Gasteiger partial charge in [0, 0.05) is 40.8 Å². The normalized spacial score (nSPS) is 17.0. The van der Waals surface area contributed by atoms with Crippen LogP contribution in [0.15, 0.2) is 89.2 Å². The van der Waals surface area contributed by atoms with Gasteiger partial charge in [0.15, 0.2) is 5.76 Å². The second-order valence-electron chi connectivity index (χ2n) is 9.82. The topological polar surface area (TPSA) is 108 Å². The largest absolute Gasteiger partial charge is 0.478 e. The number of furan rings is 1. The van der Waals surface area contributed by atoms with Crippen LogP contribution in [0.4, 0.5) is 0 Å². The van der Waals surface area contributed by atoms with Crippen molar-refractivity contribution in [2.75, 3.05) is 0 Å². The number of esters is 1. The molecule has 8 heteroatoms. The Bertz CT molecular complexity index is 1910. The van der Waals surface area contributed by atoms with Crippen LogP contribution in [-0.2, 0) is 11.8 Å². The number of fused-ring (bicyclic) bond motifs is 4. The van der Waals surface area contributed by atoms with Gasteiger partial charge in [0.2, 0.25) is 5.78 Å². The molecule has 5 aromatic rings. The van der Waals surface area contributed by atoms with Gasteiger partial charge in [-0.05, 0) is 48.5 Å². The van der Waals surface area contributed by atoms with Crippen LogP contribution in [0.2, 0.25) is 0 Å². The number of carboxylic acids is 1. The van der Waals surface area contributed by atoms with Crippen LogP contribution in [0.25, 0.3) is 28.3 Å². The Hall–Kier alpha value is -5.37. The van der Waals surface area contributed by atoms with Crippen LogP contribution < -0.4 is 9.47 Å². The molecule has 8 nitrogen and oxygen atoms in total. The first-order valence-corrected chi connectivity index (χ1v) is 12.7. The van der Waals surface area contributed by atoms with Crippen molar-refractivity contribution >= 4 is 34.7 Å². The molecule has 1 atom stereocenters. The molecule has 2 aliphatic heterocycles. The zero-order valence-electron chi connectivity index (χ0n) is 21.2. The number of carbonyl (C=O) groups excluding carboxylic acids is 2. The fourth-order valence-electron chi connectivity index (χ4n) is 5.45. The molecule has 0 radical (unpaired) electrons. The van der Waals surface area contributed by atoms with Crippen LogP contribution >= 0.6 is 0 Å². The van der Waals surface area contributed by atoms with E-state index in [-0.39, 0.29) is 23.5 Å². The number of allylic oxidation sites excluding steroid dienone is 1. The lowest BCUT2D eigenvalue weighted by molar-refractivity contribution is -0.135. The first-order valence-electron chi connectivity index (χ1n) is 12.7. The maximum Gasteiger partial charge on any atom is 0.335 e. The van der Waals surface area contributed by atoms with Crippen molar-refractivity contribution in [1.82, 2.24) is 4.57 Å². The number of aryl methyl sites for hydroxylation is 1. The van der Waals surface area contributed by atoms with Gasteiger partial charge in [-0.15, -0.1) is 0 Å². The van der Waals surface area contributed by atoms with Gasteiger partial charge in [-0.3, -0.25) is 9.59 Å². The SMILES string of the molecule is Cn1cc(/C=C2\Oc3c(ccc4c3[C@H](c3ccc(-c5ccc(C(=O)O)cc5)o3)CC(=O)O4)C2=O)c2ccccc21. The van der Waals surface area contributed by atoms with Crippen LogP contribution in [0.1, 0.15) is 49.9 Å². The van der Waals surface area contributed by atoms with E-state index in [4.69, 9.17) is 13.9 Å². The number of carbonyl (C=O) groups is 3. The first-order chi connectivity index (χ1) is 19.4. The summed E-state index contributed by atoms with van der Waals surface area (Å²) in [5.41, 5.74) is 3.73. The number of hydrogen-bond acceptors (Lipinski definition) is 6. The number of nitrogens with zero attached hydrogens (tertiary/aromatic N) is 1. The van der Waals surface area contributed by atoms with Gasteiger partial charge in [-0.2, -0.15) is 0 Å². The van der Waals surface area contributed by atoms with E-state index in [2.05, 4.69) is 0 Å². The molecule has 0 aliphatic carbocycles. The molecule has 4 heterocycles. The molecule has 0 unspecified atom stereocenters. The Kier molecular flexibility index (Phi) is 5.25. The average Bonchev–Trinajstić information content (AvgIpc) is 3.65. The van der Waals surface area contributed by atoms with Gasteiger partial charge in [0.25, 0.3) is 0 Å². The number of aromatic carboxylic acids is 1. The van der Waals surface area contributed by atoms with E-state index in [0.29, 0.717) is 39.7 Å². The van der Waals surface area contributed by atoms with Gasteiger partial charge < -0.3 is 23.6 Å². The van der Waals surface area contributed by atoms with E-state index in [1.165, 1.54) is 12.1 Å². The number of ether oxygens (including phenoxy) is 2. The summed E-state index contributed by atoms with van der Waals surface area (Å²) >= 11 is 0. The molecule has 1 N–H and O–H groups in total. The molecule has 0 fully saturated rings. The van der Waals surface area contributed by atoms with Crippen molar-refractivity contribution in [2.24, 2.45) is 7.05 Å². The fraction of sp³-hybridized carbons (Fsp3) is 0.0938. The number of aromatic nitrogens is 1. The third kappa shape index (κ3) is 3.72. The maximum absolute atomic E-state index is 13.4. The van der Waals surface area contributed by atoms with Gasteiger partial charge in [0.05, 0.1) is 23.5 Å². The molecule has 0 saturated heterocycles. The summed E-state index contributed by atoms with van der Waals surface area (Å²) in [5.74, 6) is -0.326. The van der Waals surface area contributed by atoms with E-state index in [0.717, 1.165) is 16.5 Å². The van der Waals surface area contributed by atoms with Gasteiger partial charge >= 0.3 is 11.9 Å². The Morgan fingerprint density at radius 3 is 2.58 bits per heavy atom. The summed E-state index contributed by atoms with van der Waals surface area (Å²) in [6.45, 7) is 0. The minimum absolute atomic E-state index is 0.00821. The summed E-state index contributed by atoms with van der Waals surface area (Å²) in [6.07, 6.45) is 3.70. The number of benzene rings is 3. The second-order valence-corrected chi connectivity index (χ2v) is 9.82. The zero-order chi connectivity index (χ0) is 27.5. The number of para-hydroxylation sites is 1. The molecular weight excluding hydrogens is 510 g/mol. The highest BCUT2D eigenvalue weighted by molar-refractivity contribution is 6.15. The van der Waals surface area contributed by atoms with Crippen molar-refractivity contribution in [2.45, 2.75) is 12.3 Å². The van der Waals surface area contributed by atoms with Crippen molar-refractivity contribution in [3.8, 4) is 22.8 Å². The average molecular weight is 532 g/mol. The lowest BCUT2D eigenvalue weighted by Gasteiger charge is -2.24. The monoisotopic (exact) mass is 531 g/mol. The Labute approximate surface area is 227 Å². The third-order valence-corrected chi connectivity index (χ3v) is 7.38. The Morgan fingerprint density at radius 2 is 1.77 bits per heavy atom. The highest BCUT2D eigenvalue weighted by Crippen LogP contribution is 2.49. The van der Waals surface area contributed by atoms with E-state index < -0.39 is 17.9 Å². The third-order valence-electron chi connectivity index (χ3n) is 7.38. The summed E-state index contributed by atoms with van der Waals surface area (Å²) in [5, 5.41) is 10.2. The summed E-state index contributed by atoms with van der Waals surface area (Å²) in [7, 11) is 1.95. The predicted molar refractivity (Wildman–Crippen MR) is 145 cm³/mol. The van der Waals surface area contributed by atoms with Gasteiger partial charge in [-0.25, -0.2) is 4.79 Å². The Morgan fingerprint density at radius 1 is 0.975 bits per heavy atom. The minimum atomic E-state index is -1.01. The summed E-state index contributed by atoms with van der Waals surface area (Å²) < 4.78 is 19.9. The zero-order valence-corrected chi connectivity index (χ0v) is 21.2. The molecule has 0 saturated carbocycles. The number of carboxylic acid groups (broad SMARTS) is 1. The highest BCUT2D eigenvalue weighted by Gasteiger charge is 2.39. The van der Waals surface area contributed by atoms with Crippen molar-refractivity contribution in [3.05, 3.63) is 113 Å². The number of hydrogen-bond donors (Lipinski definition) is 1. The van der Waals surface area contributed by atoms with Crippen LogP contribution in [0, 0.1) is 0 Å².